The Hall–Kier alpha value is -2.60. The van der Waals surface area contributed by atoms with Gasteiger partial charge in [-0.2, -0.15) is 0 Å². The standard InChI is InChI=1S/C14H10ClNO5/c15-10-5-6-12(16(19)20)13(7-10)21-8-9-3-1-2-4-11(9)14(17)18/h1-7H,8H2,(H,17,18). The molecule has 2 aromatic rings. The van der Waals surface area contributed by atoms with Crippen LogP contribution in [0.15, 0.2) is 42.5 Å². The van der Waals surface area contributed by atoms with Crippen LogP contribution in [0.1, 0.15) is 15.9 Å². The summed E-state index contributed by atoms with van der Waals surface area (Å²) in [6.07, 6.45) is 0. The third-order valence-electron chi connectivity index (χ3n) is 2.75. The van der Waals surface area contributed by atoms with Gasteiger partial charge in [0.25, 0.3) is 0 Å². The molecule has 7 heteroatoms. The Morgan fingerprint density at radius 1 is 1.29 bits per heavy atom. The number of rotatable bonds is 5. The number of halogens is 1. The monoisotopic (exact) mass is 307 g/mol. The molecule has 0 amide bonds. The van der Waals surface area contributed by atoms with Crippen LogP contribution in [-0.4, -0.2) is 16.0 Å². The molecule has 0 aliphatic rings. The Kier molecular flexibility index (Phi) is 4.39. The summed E-state index contributed by atoms with van der Waals surface area (Å²) in [4.78, 5) is 21.4. The fourth-order valence-electron chi connectivity index (χ4n) is 1.76. The van der Waals surface area contributed by atoms with Crippen LogP contribution in [0.2, 0.25) is 5.02 Å². The van der Waals surface area contributed by atoms with Gasteiger partial charge in [-0.1, -0.05) is 29.8 Å². The third-order valence-corrected chi connectivity index (χ3v) is 2.98. The van der Waals surface area contributed by atoms with Gasteiger partial charge in [0.2, 0.25) is 0 Å². The maximum Gasteiger partial charge on any atom is 0.336 e. The highest BCUT2D eigenvalue weighted by Gasteiger charge is 2.16. The van der Waals surface area contributed by atoms with Gasteiger partial charge >= 0.3 is 11.7 Å². The van der Waals surface area contributed by atoms with E-state index in [0.29, 0.717) is 10.6 Å². The van der Waals surface area contributed by atoms with Gasteiger partial charge < -0.3 is 9.84 Å². The van der Waals surface area contributed by atoms with E-state index in [0.717, 1.165) is 0 Å². The first-order valence-electron chi connectivity index (χ1n) is 5.87. The van der Waals surface area contributed by atoms with Gasteiger partial charge in [-0.25, -0.2) is 4.79 Å². The van der Waals surface area contributed by atoms with E-state index in [1.54, 1.807) is 18.2 Å². The molecule has 0 unspecified atom stereocenters. The van der Waals surface area contributed by atoms with Crippen LogP contribution in [0.5, 0.6) is 5.75 Å². The molecule has 108 valence electrons. The second-order valence-corrected chi connectivity index (χ2v) is 4.56. The topological polar surface area (TPSA) is 89.7 Å². The molecule has 0 fully saturated rings. The first-order valence-corrected chi connectivity index (χ1v) is 6.25. The van der Waals surface area contributed by atoms with Crippen LogP contribution in [0, 0.1) is 10.1 Å². The summed E-state index contributed by atoms with van der Waals surface area (Å²) < 4.78 is 5.37. The molecule has 0 aliphatic carbocycles. The molecule has 0 aliphatic heterocycles. The lowest BCUT2D eigenvalue weighted by Gasteiger charge is -2.09. The van der Waals surface area contributed by atoms with E-state index in [4.69, 9.17) is 21.4 Å². The summed E-state index contributed by atoms with van der Waals surface area (Å²) in [7, 11) is 0. The van der Waals surface area contributed by atoms with Gasteiger partial charge in [-0.15, -0.1) is 0 Å². The second kappa shape index (κ2) is 6.23. The Bertz CT molecular complexity index is 702. The maximum absolute atomic E-state index is 11.1. The van der Waals surface area contributed by atoms with E-state index in [9.17, 15) is 14.9 Å². The number of carboxylic acid groups (broad SMARTS) is 1. The molecule has 0 spiro atoms. The van der Waals surface area contributed by atoms with Crippen LogP contribution in [0.25, 0.3) is 0 Å². The van der Waals surface area contributed by atoms with Crippen LogP contribution in [-0.2, 0) is 6.61 Å². The number of benzene rings is 2. The number of carboxylic acids is 1. The SMILES string of the molecule is O=C(O)c1ccccc1COc1cc(Cl)ccc1[N+](=O)[O-]. The van der Waals surface area contributed by atoms with Gasteiger partial charge in [0.1, 0.15) is 6.61 Å². The molecule has 0 radical (unpaired) electrons. The van der Waals surface area contributed by atoms with Crippen molar-refractivity contribution in [2.45, 2.75) is 6.61 Å². The minimum Gasteiger partial charge on any atom is -0.482 e. The van der Waals surface area contributed by atoms with Crippen molar-refractivity contribution in [2.24, 2.45) is 0 Å². The van der Waals surface area contributed by atoms with E-state index < -0.39 is 10.9 Å². The first-order chi connectivity index (χ1) is 9.99. The molecule has 0 bridgehead atoms. The second-order valence-electron chi connectivity index (χ2n) is 4.12. The van der Waals surface area contributed by atoms with Crippen molar-refractivity contribution in [2.75, 3.05) is 0 Å². The van der Waals surface area contributed by atoms with Crippen LogP contribution < -0.4 is 4.74 Å². The summed E-state index contributed by atoms with van der Waals surface area (Å²) in [5.74, 6) is -1.09. The molecule has 0 saturated heterocycles. The Balaban J connectivity index is 2.27. The average Bonchev–Trinajstić information content (AvgIpc) is 2.45. The van der Waals surface area contributed by atoms with Gasteiger partial charge in [-0.05, 0) is 12.1 Å². The van der Waals surface area contributed by atoms with Crippen molar-refractivity contribution in [1.82, 2.24) is 0 Å². The minimum atomic E-state index is -1.09. The molecule has 2 aromatic carbocycles. The normalized spacial score (nSPS) is 10.1. The first kappa shape index (κ1) is 14.8. The molecule has 6 nitrogen and oxygen atoms in total. The van der Waals surface area contributed by atoms with Crippen LogP contribution in [0.4, 0.5) is 5.69 Å². The molecular weight excluding hydrogens is 298 g/mol. The molecule has 0 atom stereocenters. The zero-order valence-electron chi connectivity index (χ0n) is 10.7. The zero-order valence-corrected chi connectivity index (χ0v) is 11.4. The van der Waals surface area contributed by atoms with E-state index in [2.05, 4.69) is 0 Å². The number of hydrogen-bond donors (Lipinski definition) is 1. The quantitative estimate of drug-likeness (QED) is 0.674. The van der Waals surface area contributed by atoms with Gasteiger partial charge in [0, 0.05) is 22.7 Å². The third kappa shape index (κ3) is 3.49. The molecule has 1 N–H and O–H groups in total. The average molecular weight is 308 g/mol. The van der Waals surface area contributed by atoms with Gasteiger partial charge in [0.05, 0.1) is 10.5 Å². The summed E-state index contributed by atoms with van der Waals surface area (Å²) in [5, 5.41) is 20.3. The van der Waals surface area contributed by atoms with Crippen molar-refractivity contribution >= 4 is 23.3 Å². The largest absolute Gasteiger partial charge is 0.482 e. The fraction of sp³-hybridized carbons (Fsp3) is 0.0714. The fourth-order valence-corrected chi connectivity index (χ4v) is 1.93. The predicted molar refractivity (Wildman–Crippen MR) is 75.8 cm³/mol. The Labute approximate surface area is 124 Å². The predicted octanol–water partition coefficient (Wildman–Crippen LogP) is 3.53. The highest BCUT2D eigenvalue weighted by Crippen LogP contribution is 2.30. The number of carbonyl (C=O) groups is 1. The van der Waals surface area contributed by atoms with Crippen LogP contribution in [0.3, 0.4) is 0 Å². The van der Waals surface area contributed by atoms with E-state index in [1.807, 2.05) is 0 Å². The lowest BCUT2D eigenvalue weighted by molar-refractivity contribution is -0.385. The summed E-state index contributed by atoms with van der Waals surface area (Å²) in [6, 6.07) is 10.2. The van der Waals surface area contributed by atoms with Gasteiger partial charge in [0.15, 0.2) is 5.75 Å². The number of nitrogens with zero attached hydrogens (tertiary/aromatic N) is 1. The lowest BCUT2D eigenvalue weighted by atomic mass is 10.1. The highest BCUT2D eigenvalue weighted by molar-refractivity contribution is 6.30. The van der Waals surface area contributed by atoms with Crippen molar-refractivity contribution < 1.29 is 19.6 Å². The van der Waals surface area contributed by atoms with Crippen molar-refractivity contribution in [3.63, 3.8) is 0 Å². The zero-order chi connectivity index (χ0) is 15.4. The van der Waals surface area contributed by atoms with Crippen LogP contribution >= 0.6 is 11.6 Å². The molecule has 0 saturated carbocycles. The molecule has 0 heterocycles. The molecular formula is C14H10ClNO5. The summed E-state index contributed by atoms with van der Waals surface area (Å²) >= 11 is 5.79. The van der Waals surface area contributed by atoms with Crippen molar-refractivity contribution in [3.05, 3.63) is 68.7 Å². The highest BCUT2D eigenvalue weighted by atomic mass is 35.5. The maximum atomic E-state index is 11.1. The van der Waals surface area contributed by atoms with E-state index >= 15 is 0 Å². The molecule has 21 heavy (non-hydrogen) atoms. The Morgan fingerprint density at radius 2 is 2.00 bits per heavy atom. The number of nitro benzene ring substituents is 1. The Morgan fingerprint density at radius 3 is 2.67 bits per heavy atom. The van der Waals surface area contributed by atoms with E-state index in [-0.39, 0.29) is 23.6 Å². The van der Waals surface area contributed by atoms with Gasteiger partial charge in [-0.3, -0.25) is 10.1 Å². The summed E-state index contributed by atoms with van der Waals surface area (Å²) in [5.41, 5.74) is 0.272. The molecule has 2 rings (SSSR count). The smallest absolute Gasteiger partial charge is 0.336 e. The van der Waals surface area contributed by atoms with Crippen molar-refractivity contribution in [1.29, 1.82) is 0 Å². The minimum absolute atomic E-state index is 0.00677. The number of ether oxygens (including phenoxy) is 1. The summed E-state index contributed by atoms with van der Waals surface area (Å²) in [6.45, 7) is -0.107. The van der Waals surface area contributed by atoms with Crippen molar-refractivity contribution in [3.8, 4) is 5.75 Å². The van der Waals surface area contributed by atoms with E-state index in [1.165, 1.54) is 24.3 Å². The lowest BCUT2D eigenvalue weighted by Crippen LogP contribution is -2.06. The molecule has 0 aromatic heterocycles. The number of aromatic carboxylic acids is 1. The number of hydrogen-bond acceptors (Lipinski definition) is 4. The number of nitro groups is 1.